The number of benzene rings is 1. The van der Waals surface area contributed by atoms with Gasteiger partial charge in [-0.1, -0.05) is 17.7 Å². The van der Waals surface area contributed by atoms with E-state index in [1.165, 1.54) is 19.1 Å². The van der Waals surface area contributed by atoms with E-state index in [2.05, 4.69) is 0 Å². The number of β-amino-alcohol motifs (C(OH)–C–C–N with tert-alkyl or cyclic N) is 2. The molecule has 0 bridgehead atoms. The van der Waals surface area contributed by atoms with Crippen LogP contribution >= 0.6 is 0 Å². The van der Waals surface area contributed by atoms with Gasteiger partial charge in [-0.25, -0.2) is 8.42 Å². The number of aliphatic hydroxyl groups excluding tert-OH is 1. The maximum Gasteiger partial charge on any atom is 0.243 e. The molecular formula is C12H17NO4S. The second-order valence-corrected chi connectivity index (χ2v) is 6.92. The Morgan fingerprint density at radius 2 is 1.89 bits per heavy atom. The molecule has 5 nitrogen and oxygen atoms in total. The molecule has 6 heteroatoms. The van der Waals surface area contributed by atoms with Crippen LogP contribution in [0.15, 0.2) is 29.2 Å². The van der Waals surface area contributed by atoms with Crippen molar-refractivity contribution >= 4 is 10.0 Å². The van der Waals surface area contributed by atoms with Crippen molar-refractivity contribution in [2.24, 2.45) is 0 Å². The van der Waals surface area contributed by atoms with Gasteiger partial charge in [-0.3, -0.25) is 0 Å². The van der Waals surface area contributed by atoms with Gasteiger partial charge in [0.05, 0.1) is 11.0 Å². The molecule has 1 saturated heterocycles. The van der Waals surface area contributed by atoms with Crippen LogP contribution < -0.4 is 0 Å². The molecule has 18 heavy (non-hydrogen) atoms. The summed E-state index contributed by atoms with van der Waals surface area (Å²) in [5.74, 6) is 0. The highest BCUT2D eigenvalue weighted by Gasteiger charge is 2.45. The van der Waals surface area contributed by atoms with Crippen molar-refractivity contribution in [3.63, 3.8) is 0 Å². The number of aryl methyl sites for hydroxylation is 1. The smallest absolute Gasteiger partial charge is 0.243 e. The lowest BCUT2D eigenvalue weighted by Crippen LogP contribution is -2.38. The summed E-state index contributed by atoms with van der Waals surface area (Å²) in [6, 6.07) is 6.50. The van der Waals surface area contributed by atoms with E-state index in [4.69, 9.17) is 0 Å². The van der Waals surface area contributed by atoms with Crippen molar-refractivity contribution in [1.29, 1.82) is 0 Å². The van der Waals surface area contributed by atoms with E-state index in [0.717, 1.165) is 9.87 Å². The molecule has 0 aromatic heterocycles. The topological polar surface area (TPSA) is 77.8 Å². The van der Waals surface area contributed by atoms with Crippen LogP contribution in [0.25, 0.3) is 0 Å². The summed E-state index contributed by atoms with van der Waals surface area (Å²) in [6.45, 7) is 3.14. The standard InChI is InChI=1S/C12H17NO4S/c1-9-3-5-10(6-4-9)18(16,17)13-7-11(14)12(2,15)8-13/h3-6,11,14-15H,7-8H2,1-2H3/t11-,12+/m0/s1. The van der Waals surface area contributed by atoms with Crippen molar-refractivity contribution in [2.45, 2.75) is 30.4 Å². The minimum absolute atomic E-state index is 0.0801. The number of hydrogen-bond donors (Lipinski definition) is 2. The first-order chi connectivity index (χ1) is 8.23. The Labute approximate surface area is 107 Å². The van der Waals surface area contributed by atoms with Gasteiger partial charge in [-0.15, -0.1) is 0 Å². The van der Waals surface area contributed by atoms with Gasteiger partial charge in [-0.2, -0.15) is 4.31 Å². The van der Waals surface area contributed by atoms with E-state index in [1.807, 2.05) is 6.92 Å². The van der Waals surface area contributed by atoms with E-state index < -0.39 is 21.7 Å². The van der Waals surface area contributed by atoms with Gasteiger partial charge in [0, 0.05) is 13.1 Å². The summed E-state index contributed by atoms with van der Waals surface area (Å²) >= 11 is 0. The highest BCUT2D eigenvalue weighted by Crippen LogP contribution is 2.27. The molecule has 2 rings (SSSR count). The van der Waals surface area contributed by atoms with Crippen LogP contribution in [0.5, 0.6) is 0 Å². The highest BCUT2D eigenvalue weighted by atomic mass is 32.2. The highest BCUT2D eigenvalue weighted by molar-refractivity contribution is 7.89. The summed E-state index contributed by atoms with van der Waals surface area (Å²) in [7, 11) is -3.65. The molecule has 0 unspecified atom stereocenters. The van der Waals surface area contributed by atoms with Gasteiger partial charge in [0.15, 0.2) is 0 Å². The molecule has 2 atom stereocenters. The van der Waals surface area contributed by atoms with Crippen LogP contribution in [0, 0.1) is 6.92 Å². The third-order valence-corrected chi connectivity index (χ3v) is 5.08. The lowest BCUT2D eigenvalue weighted by Gasteiger charge is -2.19. The van der Waals surface area contributed by atoms with E-state index in [9.17, 15) is 18.6 Å². The first kappa shape index (κ1) is 13.5. The first-order valence-electron chi connectivity index (χ1n) is 5.71. The van der Waals surface area contributed by atoms with E-state index in [0.29, 0.717) is 0 Å². The Bertz CT molecular complexity index is 536. The number of rotatable bonds is 2. The summed E-state index contributed by atoms with van der Waals surface area (Å²) < 4.78 is 25.7. The largest absolute Gasteiger partial charge is 0.389 e. The van der Waals surface area contributed by atoms with Gasteiger partial charge in [0.25, 0.3) is 0 Å². The van der Waals surface area contributed by atoms with Crippen LogP contribution in [-0.2, 0) is 10.0 Å². The lowest BCUT2D eigenvalue weighted by atomic mass is 10.0. The average Bonchev–Trinajstić information content (AvgIpc) is 2.55. The zero-order valence-corrected chi connectivity index (χ0v) is 11.2. The van der Waals surface area contributed by atoms with Gasteiger partial charge in [0.1, 0.15) is 5.60 Å². The van der Waals surface area contributed by atoms with Gasteiger partial charge < -0.3 is 10.2 Å². The SMILES string of the molecule is Cc1ccc(S(=O)(=O)N2C[C@H](O)[C@](C)(O)C2)cc1. The van der Waals surface area contributed by atoms with Crippen molar-refractivity contribution in [2.75, 3.05) is 13.1 Å². The molecule has 0 radical (unpaired) electrons. The van der Waals surface area contributed by atoms with Crippen molar-refractivity contribution in [1.82, 2.24) is 4.31 Å². The van der Waals surface area contributed by atoms with Crippen LogP contribution in [-0.4, -0.2) is 47.7 Å². The zero-order valence-electron chi connectivity index (χ0n) is 10.4. The molecular weight excluding hydrogens is 254 g/mol. The summed E-state index contributed by atoms with van der Waals surface area (Å²) in [5.41, 5.74) is -0.417. The fraction of sp³-hybridized carbons (Fsp3) is 0.500. The molecule has 0 aliphatic carbocycles. The van der Waals surface area contributed by atoms with Crippen LogP contribution in [0.1, 0.15) is 12.5 Å². The van der Waals surface area contributed by atoms with Gasteiger partial charge in [-0.05, 0) is 26.0 Å². The monoisotopic (exact) mass is 271 g/mol. The number of hydrogen-bond acceptors (Lipinski definition) is 4. The second kappa shape index (κ2) is 4.31. The molecule has 1 fully saturated rings. The molecule has 100 valence electrons. The molecule has 2 N–H and O–H groups in total. The zero-order chi connectivity index (χ0) is 13.6. The fourth-order valence-corrected chi connectivity index (χ4v) is 3.51. The fourth-order valence-electron chi connectivity index (χ4n) is 1.96. The maximum absolute atomic E-state index is 12.3. The third-order valence-electron chi connectivity index (χ3n) is 3.25. The van der Waals surface area contributed by atoms with Crippen molar-refractivity contribution in [3.05, 3.63) is 29.8 Å². The van der Waals surface area contributed by atoms with E-state index >= 15 is 0 Å². The molecule has 1 aromatic rings. The third kappa shape index (κ3) is 2.29. The molecule has 0 amide bonds. The van der Waals surface area contributed by atoms with Gasteiger partial charge in [0.2, 0.25) is 10.0 Å². The number of nitrogens with zero attached hydrogens (tertiary/aromatic N) is 1. The summed E-state index contributed by atoms with van der Waals surface area (Å²) in [6.07, 6.45) is -1.06. The van der Waals surface area contributed by atoms with Crippen molar-refractivity contribution in [3.8, 4) is 0 Å². The normalized spacial score (nSPS) is 29.7. The molecule has 1 heterocycles. The van der Waals surface area contributed by atoms with E-state index in [-0.39, 0.29) is 18.0 Å². The van der Waals surface area contributed by atoms with Crippen molar-refractivity contribution < 1.29 is 18.6 Å². The predicted octanol–water partition coefficient (Wildman–Crippen LogP) is 0.111. The Morgan fingerprint density at radius 3 is 2.33 bits per heavy atom. The quantitative estimate of drug-likeness (QED) is 0.800. The minimum Gasteiger partial charge on any atom is -0.389 e. The Hall–Kier alpha value is -0.950. The number of aliphatic hydroxyl groups is 2. The number of sulfonamides is 1. The minimum atomic E-state index is -3.65. The second-order valence-electron chi connectivity index (χ2n) is 4.98. The molecule has 1 aliphatic heterocycles. The first-order valence-corrected chi connectivity index (χ1v) is 7.15. The Balaban J connectivity index is 2.31. The van der Waals surface area contributed by atoms with Crippen LogP contribution in [0.4, 0.5) is 0 Å². The van der Waals surface area contributed by atoms with Crippen LogP contribution in [0.2, 0.25) is 0 Å². The molecule has 0 spiro atoms. The summed E-state index contributed by atoms with van der Waals surface area (Å²) in [5, 5.41) is 19.5. The van der Waals surface area contributed by atoms with Gasteiger partial charge >= 0.3 is 0 Å². The predicted molar refractivity (Wildman–Crippen MR) is 66.6 cm³/mol. The van der Waals surface area contributed by atoms with E-state index in [1.54, 1.807) is 12.1 Å². The molecule has 0 saturated carbocycles. The lowest BCUT2D eigenvalue weighted by molar-refractivity contribution is -0.0250. The average molecular weight is 271 g/mol. The Morgan fingerprint density at radius 1 is 1.33 bits per heavy atom. The van der Waals surface area contributed by atoms with Crippen LogP contribution in [0.3, 0.4) is 0 Å². The molecule has 1 aromatic carbocycles. The molecule has 1 aliphatic rings. The maximum atomic E-state index is 12.3. The summed E-state index contributed by atoms with van der Waals surface area (Å²) in [4.78, 5) is 0.179. The Kier molecular flexibility index (Phi) is 3.23.